The fourth-order valence-electron chi connectivity index (χ4n) is 1.20. The zero-order valence-corrected chi connectivity index (χ0v) is 8.60. The third-order valence-electron chi connectivity index (χ3n) is 1.87. The van der Waals surface area contributed by atoms with Crippen molar-refractivity contribution < 1.29 is 18.0 Å². The summed E-state index contributed by atoms with van der Waals surface area (Å²) >= 11 is 1.20. The van der Waals surface area contributed by atoms with Crippen LogP contribution in [0.1, 0.15) is 16.9 Å². The number of aromatic nitrogens is 2. The molecule has 2 heterocycles. The minimum absolute atomic E-state index is 0.165. The van der Waals surface area contributed by atoms with Gasteiger partial charge in [0.1, 0.15) is 5.37 Å². The Labute approximate surface area is 92.7 Å². The van der Waals surface area contributed by atoms with Gasteiger partial charge in [-0.15, -0.1) is 11.8 Å². The SMILES string of the molecule is O=C1CSC(c2ccnc(C(F)(F)F)n2)N1. The first-order chi connectivity index (χ1) is 7.47. The number of thioether (sulfide) groups is 1. The highest BCUT2D eigenvalue weighted by atomic mass is 32.2. The fraction of sp³-hybridized carbons (Fsp3) is 0.375. The lowest BCUT2D eigenvalue weighted by molar-refractivity contribution is -0.145. The predicted octanol–water partition coefficient (Wildman–Crippen LogP) is 1.36. The molecule has 86 valence electrons. The Hall–Kier alpha value is -1.31. The summed E-state index contributed by atoms with van der Waals surface area (Å²) in [7, 11) is 0. The van der Waals surface area contributed by atoms with Crippen molar-refractivity contribution in [1.29, 1.82) is 0 Å². The van der Waals surface area contributed by atoms with Gasteiger partial charge in [0, 0.05) is 6.20 Å². The van der Waals surface area contributed by atoms with Crippen molar-refractivity contribution in [3.05, 3.63) is 23.8 Å². The van der Waals surface area contributed by atoms with E-state index in [9.17, 15) is 18.0 Å². The van der Waals surface area contributed by atoms with Gasteiger partial charge in [-0.1, -0.05) is 0 Å². The molecule has 4 nitrogen and oxygen atoms in total. The van der Waals surface area contributed by atoms with Crippen molar-refractivity contribution in [3.63, 3.8) is 0 Å². The van der Waals surface area contributed by atoms with Crippen molar-refractivity contribution >= 4 is 17.7 Å². The highest BCUT2D eigenvalue weighted by Crippen LogP contribution is 2.31. The van der Waals surface area contributed by atoms with Crippen LogP contribution in [0.25, 0.3) is 0 Å². The highest BCUT2D eigenvalue weighted by molar-refractivity contribution is 8.00. The molecule has 0 aromatic carbocycles. The number of alkyl halides is 3. The Morgan fingerprint density at radius 2 is 2.25 bits per heavy atom. The van der Waals surface area contributed by atoms with E-state index in [0.29, 0.717) is 0 Å². The summed E-state index contributed by atoms with van der Waals surface area (Å²) in [4.78, 5) is 17.4. The van der Waals surface area contributed by atoms with E-state index in [1.807, 2.05) is 0 Å². The Morgan fingerprint density at radius 1 is 1.50 bits per heavy atom. The molecule has 1 atom stereocenters. The van der Waals surface area contributed by atoms with Crippen LogP contribution in [-0.4, -0.2) is 21.6 Å². The molecule has 0 radical (unpaired) electrons. The molecule has 1 aromatic heterocycles. The zero-order chi connectivity index (χ0) is 11.8. The Balaban J connectivity index is 2.26. The van der Waals surface area contributed by atoms with Gasteiger partial charge in [-0.2, -0.15) is 13.2 Å². The van der Waals surface area contributed by atoms with Crippen LogP contribution in [0.4, 0.5) is 13.2 Å². The summed E-state index contributed by atoms with van der Waals surface area (Å²) in [6, 6.07) is 1.36. The minimum Gasteiger partial charge on any atom is -0.338 e. The monoisotopic (exact) mass is 249 g/mol. The molecule has 16 heavy (non-hydrogen) atoms. The summed E-state index contributed by atoms with van der Waals surface area (Å²) in [5.74, 6) is -1.16. The van der Waals surface area contributed by atoms with Crippen molar-refractivity contribution in [2.24, 2.45) is 0 Å². The van der Waals surface area contributed by atoms with Gasteiger partial charge < -0.3 is 5.32 Å². The highest BCUT2D eigenvalue weighted by Gasteiger charge is 2.35. The van der Waals surface area contributed by atoms with Gasteiger partial charge in [-0.3, -0.25) is 4.79 Å². The normalized spacial score (nSPS) is 20.9. The van der Waals surface area contributed by atoms with Gasteiger partial charge in [0.05, 0.1) is 11.4 Å². The second-order valence-electron chi connectivity index (χ2n) is 3.06. The second kappa shape index (κ2) is 3.93. The molecule has 2 rings (SSSR count). The first-order valence-corrected chi connectivity index (χ1v) is 5.33. The smallest absolute Gasteiger partial charge is 0.338 e. The maximum absolute atomic E-state index is 12.3. The van der Waals surface area contributed by atoms with Crippen LogP contribution in [0, 0.1) is 0 Å². The second-order valence-corrected chi connectivity index (χ2v) is 4.15. The fourth-order valence-corrected chi connectivity index (χ4v) is 2.12. The number of carbonyl (C=O) groups excluding carboxylic acids is 1. The maximum Gasteiger partial charge on any atom is 0.451 e. The number of carbonyl (C=O) groups is 1. The molecule has 1 fully saturated rings. The molecule has 0 saturated carbocycles. The van der Waals surface area contributed by atoms with Gasteiger partial charge in [-0.25, -0.2) is 9.97 Å². The van der Waals surface area contributed by atoms with Crippen molar-refractivity contribution in [2.75, 3.05) is 5.75 Å². The van der Waals surface area contributed by atoms with Crippen LogP contribution >= 0.6 is 11.8 Å². The van der Waals surface area contributed by atoms with Crippen LogP contribution in [-0.2, 0) is 11.0 Å². The average molecular weight is 249 g/mol. The van der Waals surface area contributed by atoms with Crippen LogP contribution in [0.5, 0.6) is 0 Å². The molecule has 1 amide bonds. The minimum atomic E-state index is -4.57. The maximum atomic E-state index is 12.3. The van der Waals surface area contributed by atoms with Gasteiger partial charge in [0.15, 0.2) is 0 Å². The standard InChI is InChI=1S/C8H6F3N3OS/c9-8(10,11)7-12-2-1-4(13-7)6-14-5(15)3-16-6/h1-2,6H,3H2,(H,14,15). The number of nitrogens with zero attached hydrogens (tertiary/aromatic N) is 2. The van der Waals surface area contributed by atoms with E-state index in [1.54, 1.807) is 0 Å². The number of nitrogens with one attached hydrogen (secondary N) is 1. The average Bonchev–Trinajstić information content (AvgIpc) is 2.64. The zero-order valence-electron chi connectivity index (χ0n) is 7.78. The largest absolute Gasteiger partial charge is 0.451 e. The van der Waals surface area contributed by atoms with Gasteiger partial charge in [0.25, 0.3) is 0 Å². The lowest BCUT2D eigenvalue weighted by Crippen LogP contribution is -2.21. The molecule has 1 N–H and O–H groups in total. The molecule has 0 aliphatic carbocycles. The van der Waals surface area contributed by atoms with E-state index in [4.69, 9.17) is 0 Å². The van der Waals surface area contributed by atoms with Crippen LogP contribution in [0.15, 0.2) is 12.3 Å². The molecule has 0 spiro atoms. The van der Waals surface area contributed by atoms with Crippen LogP contribution < -0.4 is 5.32 Å². The Bertz CT molecular complexity index is 423. The first kappa shape index (κ1) is 11.2. The number of rotatable bonds is 1. The van der Waals surface area contributed by atoms with E-state index < -0.39 is 17.4 Å². The van der Waals surface area contributed by atoms with E-state index in [1.165, 1.54) is 17.8 Å². The topological polar surface area (TPSA) is 54.9 Å². The van der Waals surface area contributed by atoms with Crippen LogP contribution in [0.3, 0.4) is 0 Å². The molecule has 1 saturated heterocycles. The van der Waals surface area contributed by atoms with E-state index in [0.717, 1.165) is 6.20 Å². The molecule has 1 aliphatic heterocycles. The molecule has 1 aromatic rings. The van der Waals surface area contributed by atoms with Crippen molar-refractivity contribution in [2.45, 2.75) is 11.6 Å². The third kappa shape index (κ3) is 2.26. The number of halogens is 3. The Kier molecular flexibility index (Phi) is 2.75. The van der Waals surface area contributed by atoms with E-state index in [-0.39, 0.29) is 17.4 Å². The molecule has 1 aliphatic rings. The molecular weight excluding hydrogens is 243 g/mol. The predicted molar refractivity (Wildman–Crippen MR) is 50.4 cm³/mol. The summed E-state index contributed by atoms with van der Waals surface area (Å²) < 4.78 is 36.9. The molecule has 1 unspecified atom stereocenters. The first-order valence-electron chi connectivity index (χ1n) is 4.28. The summed E-state index contributed by atoms with van der Waals surface area (Å²) in [5.41, 5.74) is 0.165. The van der Waals surface area contributed by atoms with Crippen molar-refractivity contribution in [3.8, 4) is 0 Å². The number of hydrogen-bond acceptors (Lipinski definition) is 4. The van der Waals surface area contributed by atoms with Gasteiger partial charge in [-0.05, 0) is 6.07 Å². The van der Waals surface area contributed by atoms with E-state index in [2.05, 4.69) is 15.3 Å². The molecular formula is C8H6F3N3OS. The number of amides is 1. The van der Waals surface area contributed by atoms with Gasteiger partial charge >= 0.3 is 6.18 Å². The lowest BCUT2D eigenvalue weighted by Gasteiger charge is -2.10. The third-order valence-corrected chi connectivity index (χ3v) is 2.99. The van der Waals surface area contributed by atoms with E-state index >= 15 is 0 Å². The number of hydrogen-bond donors (Lipinski definition) is 1. The molecule has 0 bridgehead atoms. The Morgan fingerprint density at radius 3 is 2.81 bits per heavy atom. The summed E-state index contributed by atoms with van der Waals surface area (Å²) in [5, 5.41) is 2.00. The van der Waals surface area contributed by atoms with Crippen molar-refractivity contribution in [1.82, 2.24) is 15.3 Å². The lowest BCUT2D eigenvalue weighted by atomic mass is 10.4. The summed E-state index contributed by atoms with van der Waals surface area (Å²) in [6.07, 6.45) is -3.53. The van der Waals surface area contributed by atoms with Crippen LogP contribution in [0.2, 0.25) is 0 Å². The quantitative estimate of drug-likeness (QED) is 0.816. The van der Waals surface area contributed by atoms with Gasteiger partial charge in [0.2, 0.25) is 11.7 Å². The molecule has 8 heteroatoms. The summed E-state index contributed by atoms with van der Waals surface area (Å²) in [6.45, 7) is 0.